The summed E-state index contributed by atoms with van der Waals surface area (Å²) in [5.74, 6) is 0. The van der Waals surface area contributed by atoms with E-state index in [2.05, 4.69) is 33.0 Å². The van der Waals surface area contributed by atoms with Crippen molar-refractivity contribution in [3.8, 4) is 0 Å². The average Bonchev–Trinajstić information content (AvgIpc) is 2.22. The van der Waals surface area contributed by atoms with Gasteiger partial charge in [-0.25, -0.2) is 0 Å². The molecular formula is C12H27NO2. The van der Waals surface area contributed by atoms with Crippen molar-refractivity contribution in [3.05, 3.63) is 0 Å². The van der Waals surface area contributed by atoms with Crippen LogP contribution in [0.25, 0.3) is 0 Å². The number of aliphatic hydroxyl groups is 1. The van der Waals surface area contributed by atoms with Gasteiger partial charge in [0.15, 0.2) is 0 Å². The summed E-state index contributed by atoms with van der Waals surface area (Å²) in [7, 11) is 1.74. The smallest absolute Gasteiger partial charge is 0.0693 e. The van der Waals surface area contributed by atoms with Crippen LogP contribution in [0.1, 0.15) is 40.5 Å². The molecule has 2 atom stereocenters. The highest BCUT2D eigenvalue weighted by atomic mass is 16.5. The van der Waals surface area contributed by atoms with Gasteiger partial charge in [-0.15, -0.1) is 0 Å². The predicted molar refractivity (Wildman–Crippen MR) is 64.0 cm³/mol. The van der Waals surface area contributed by atoms with Crippen LogP contribution in [0.5, 0.6) is 0 Å². The summed E-state index contributed by atoms with van der Waals surface area (Å²) in [4.78, 5) is 0. The fourth-order valence-electron chi connectivity index (χ4n) is 1.45. The third-order valence-electron chi connectivity index (χ3n) is 2.99. The molecule has 0 aliphatic carbocycles. The highest BCUT2D eigenvalue weighted by Crippen LogP contribution is 2.21. The molecule has 0 amide bonds. The molecule has 0 saturated carbocycles. The van der Waals surface area contributed by atoms with Gasteiger partial charge in [0.25, 0.3) is 0 Å². The minimum Gasteiger partial charge on any atom is -0.396 e. The Bertz CT molecular complexity index is 160. The van der Waals surface area contributed by atoms with Crippen molar-refractivity contribution >= 4 is 0 Å². The molecule has 0 aliphatic rings. The second-order valence-corrected chi connectivity index (χ2v) is 5.10. The zero-order chi connectivity index (χ0) is 11.9. The fourth-order valence-corrected chi connectivity index (χ4v) is 1.45. The van der Waals surface area contributed by atoms with Gasteiger partial charge >= 0.3 is 0 Å². The van der Waals surface area contributed by atoms with Crippen molar-refractivity contribution in [2.45, 2.75) is 52.7 Å². The van der Waals surface area contributed by atoms with Gasteiger partial charge in [-0.2, -0.15) is 0 Å². The highest BCUT2D eigenvalue weighted by molar-refractivity contribution is 4.76. The van der Waals surface area contributed by atoms with Crippen molar-refractivity contribution in [1.82, 2.24) is 5.32 Å². The van der Waals surface area contributed by atoms with Crippen molar-refractivity contribution in [2.75, 3.05) is 20.3 Å². The van der Waals surface area contributed by atoms with Gasteiger partial charge in [-0.1, -0.05) is 13.8 Å². The largest absolute Gasteiger partial charge is 0.396 e. The van der Waals surface area contributed by atoms with E-state index in [4.69, 9.17) is 9.84 Å². The van der Waals surface area contributed by atoms with Crippen LogP contribution in [0, 0.1) is 5.41 Å². The number of ether oxygens (including phenoxy) is 1. The Kier molecular flexibility index (Phi) is 7.14. The molecule has 0 bridgehead atoms. The molecule has 3 heteroatoms. The summed E-state index contributed by atoms with van der Waals surface area (Å²) in [5.41, 5.74) is 0.241. The van der Waals surface area contributed by atoms with E-state index in [0.717, 1.165) is 19.4 Å². The molecule has 0 heterocycles. The Morgan fingerprint density at radius 2 is 1.93 bits per heavy atom. The highest BCUT2D eigenvalue weighted by Gasteiger charge is 2.19. The van der Waals surface area contributed by atoms with Gasteiger partial charge in [-0.05, 0) is 32.1 Å². The molecule has 0 aromatic heterocycles. The molecule has 92 valence electrons. The summed E-state index contributed by atoms with van der Waals surface area (Å²) in [5, 5.41) is 12.3. The van der Waals surface area contributed by atoms with Crippen molar-refractivity contribution in [1.29, 1.82) is 0 Å². The summed E-state index contributed by atoms with van der Waals surface area (Å²) in [6.45, 7) is 9.89. The van der Waals surface area contributed by atoms with E-state index in [1.165, 1.54) is 0 Å². The molecular weight excluding hydrogens is 190 g/mol. The number of nitrogens with one attached hydrogen (secondary N) is 1. The van der Waals surface area contributed by atoms with E-state index in [1.54, 1.807) is 7.11 Å². The first-order chi connectivity index (χ1) is 6.93. The van der Waals surface area contributed by atoms with Gasteiger partial charge in [0.1, 0.15) is 0 Å². The minimum atomic E-state index is 0.235. The zero-order valence-corrected chi connectivity index (χ0v) is 10.8. The van der Waals surface area contributed by atoms with Crippen molar-refractivity contribution in [2.24, 2.45) is 5.41 Å². The van der Waals surface area contributed by atoms with Gasteiger partial charge < -0.3 is 15.2 Å². The molecule has 0 aliphatic heterocycles. The van der Waals surface area contributed by atoms with Crippen LogP contribution in [-0.2, 0) is 4.74 Å². The maximum atomic E-state index is 8.79. The molecule has 0 fully saturated rings. The van der Waals surface area contributed by atoms with E-state index in [9.17, 15) is 0 Å². The Morgan fingerprint density at radius 1 is 1.33 bits per heavy atom. The van der Waals surface area contributed by atoms with Gasteiger partial charge in [0, 0.05) is 26.3 Å². The average molecular weight is 217 g/mol. The van der Waals surface area contributed by atoms with Crippen LogP contribution in [0.15, 0.2) is 0 Å². The van der Waals surface area contributed by atoms with Crippen LogP contribution in [0.4, 0.5) is 0 Å². The Hall–Kier alpha value is -0.120. The lowest BCUT2D eigenvalue weighted by molar-refractivity contribution is 0.0838. The molecule has 0 aromatic rings. The van der Waals surface area contributed by atoms with Crippen LogP contribution in [-0.4, -0.2) is 37.5 Å². The second kappa shape index (κ2) is 7.20. The number of rotatable bonds is 8. The number of hydrogen-bond acceptors (Lipinski definition) is 3. The molecule has 0 saturated heterocycles. The van der Waals surface area contributed by atoms with Crippen molar-refractivity contribution < 1.29 is 9.84 Å². The minimum absolute atomic E-state index is 0.235. The third-order valence-corrected chi connectivity index (χ3v) is 2.99. The van der Waals surface area contributed by atoms with E-state index in [-0.39, 0.29) is 18.1 Å². The van der Waals surface area contributed by atoms with E-state index in [0.29, 0.717) is 6.04 Å². The quantitative estimate of drug-likeness (QED) is 0.651. The maximum Gasteiger partial charge on any atom is 0.0693 e. The fraction of sp³-hybridized carbons (Fsp3) is 1.00. The topological polar surface area (TPSA) is 41.5 Å². The molecule has 0 spiro atoms. The number of methoxy groups -OCH3 is 1. The first kappa shape index (κ1) is 14.9. The summed E-state index contributed by atoms with van der Waals surface area (Å²) >= 11 is 0. The normalized spacial score (nSPS) is 16.4. The van der Waals surface area contributed by atoms with Gasteiger partial charge in [0.2, 0.25) is 0 Å². The molecule has 0 aromatic carbocycles. The van der Waals surface area contributed by atoms with Crippen molar-refractivity contribution in [3.63, 3.8) is 0 Å². The summed E-state index contributed by atoms with van der Waals surface area (Å²) < 4.78 is 5.26. The zero-order valence-electron chi connectivity index (χ0n) is 10.8. The summed E-state index contributed by atoms with van der Waals surface area (Å²) in [6.07, 6.45) is 2.16. The standard InChI is InChI=1S/C12H27NO2/c1-10(11(2)15-5)13-9-12(3,4)7-6-8-14/h10-11,13-14H,6-9H2,1-5H3. The molecule has 0 radical (unpaired) electrons. The lowest BCUT2D eigenvalue weighted by atomic mass is 9.87. The van der Waals surface area contributed by atoms with E-state index < -0.39 is 0 Å². The first-order valence-electron chi connectivity index (χ1n) is 5.80. The lowest BCUT2D eigenvalue weighted by Gasteiger charge is -2.28. The Morgan fingerprint density at radius 3 is 2.40 bits per heavy atom. The van der Waals surface area contributed by atoms with Crippen LogP contribution in [0.3, 0.4) is 0 Å². The molecule has 2 unspecified atom stereocenters. The molecule has 15 heavy (non-hydrogen) atoms. The number of hydrogen-bond donors (Lipinski definition) is 2. The van der Waals surface area contributed by atoms with Crippen LogP contribution in [0.2, 0.25) is 0 Å². The lowest BCUT2D eigenvalue weighted by Crippen LogP contribution is -2.41. The molecule has 2 N–H and O–H groups in total. The van der Waals surface area contributed by atoms with E-state index in [1.807, 2.05) is 0 Å². The maximum absolute atomic E-state index is 8.79. The summed E-state index contributed by atoms with van der Waals surface area (Å²) in [6, 6.07) is 0.364. The van der Waals surface area contributed by atoms with Crippen LogP contribution >= 0.6 is 0 Å². The van der Waals surface area contributed by atoms with Gasteiger partial charge in [0.05, 0.1) is 6.10 Å². The van der Waals surface area contributed by atoms with Crippen LogP contribution < -0.4 is 5.32 Å². The first-order valence-corrected chi connectivity index (χ1v) is 5.80. The Labute approximate surface area is 94.2 Å². The molecule has 3 nitrogen and oxygen atoms in total. The SMILES string of the molecule is COC(C)C(C)NCC(C)(C)CCCO. The predicted octanol–water partition coefficient (Wildman–Crippen LogP) is 1.80. The second-order valence-electron chi connectivity index (χ2n) is 5.10. The Balaban J connectivity index is 3.81. The van der Waals surface area contributed by atoms with Gasteiger partial charge in [-0.3, -0.25) is 0 Å². The molecule has 0 rings (SSSR count). The third kappa shape index (κ3) is 6.88. The number of aliphatic hydroxyl groups excluding tert-OH is 1. The van der Waals surface area contributed by atoms with E-state index >= 15 is 0 Å². The monoisotopic (exact) mass is 217 g/mol.